The lowest BCUT2D eigenvalue weighted by Gasteiger charge is -2.30. The molecule has 1 amide bonds. The van der Waals surface area contributed by atoms with Crippen molar-refractivity contribution >= 4 is 28.0 Å². The Balaban J connectivity index is 1.84. The highest BCUT2D eigenvalue weighted by molar-refractivity contribution is 7.88. The molecular weight excluding hydrogens is 344 g/mol. The van der Waals surface area contributed by atoms with Crippen molar-refractivity contribution < 1.29 is 22.7 Å². The van der Waals surface area contributed by atoms with Gasteiger partial charge in [0.25, 0.3) is 0 Å². The maximum Gasteiger partial charge on any atom is 0.337 e. The summed E-state index contributed by atoms with van der Waals surface area (Å²) in [5.41, 5.74) is 1.23. The number of sulfonamides is 1. The monoisotopic (exact) mass is 366 g/mol. The number of carbonyl (C=O) groups is 2. The number of amides is 1. The zero-order valence-electron chi connectivity index (χ0n) is 14.3. The number of piperidine rings is 1. The largest absolute Gasteiger partial charge is 0.465 e. The number of carbonyl (C=O) groups excluding carboxylic acids is 2. The van der Waals surface area contributed by atoms with Gasteiger partial charge in [-0.25, -0.2) is 17.5 Å². The third-order valence-electron chi connectivity index (χ3n) is 4.03. The van der Waals surface area contributed by atoms with E-state index in [0.29, 0.717) is 31.5 Å². The summed E-state index contributed by atoms with van der Waals surface area (Å²) in [6.07, 6.45) is 5.47. The molecule has 0 unspecified atom stereocenters. The van der Waals surface area contributed by atoms with Crippen LogP contribution in [0.5, 0.6) is 0 Å². The predicted molar refractivity (Wildman–Crippen MR) is 94.4 cm³/mol. The fraction of sp³-hybridized carbons (Fsp3) is 0.412. The van der Waals surface area contributed by atoms with E-state index in [1.165, 1.54) is 23.7 Å². The van der Waals surface area contributed by atoms with Crippen LogP contribution in [0, 0.1) is 0 Å². The van der Waals surface area contributed by atoms with Gasteiger partial charge < -0.3 is 10.1 Å². The zero-order valence-corrected chi connectivity index (χ0v) is 15.1. The summed E-state index contributed by atoms with van der Waals surface area (Å²) in [5, 5.41) is 2.88. The summed E-state index contributed by atoms with van der Waals surface area (Å²) < 4.78 is 29.0. The number of nitrogens with zero attached hydrogens (tertiary/aromatic N) is 1. The molecule has 25 heavy (non-hydrogen) atoms. The highest BCUT2D eigenvalue weighted by Crippen LogP contribution is 2.13. The second-order valence-corrected chi connectivity index (χ2v) is 7.87. The zero-order chi connectivity index (χ0) is 18.4. The predicted octanol–water partition coefficient (Wildman–Crippen LogP) is 1.03. The lowest BCUT2D eigenvalue weighted by atomic mass is 10.1. The summed E-state index contributed by atoms with van der Waals surface area (Å²) >= 11 is 0. The maximum atomic E-state index is 12.0. The van der Waals surface area contributed by atoms with Crippen LogP contribution < -0.4 is 5.32 Å². The van der Waals surface area contributed by atoms with Crippen molar-refractivity contribution in [2.75, 3.05) is 26.5 Å². The summed E-state index contributed by atoms with van der Waals surface area (Å²) in [6.45, 7) is 0.838. The van der Waals surface area contributed by atoms with Crippen LogP contribution in [0.15, 0.2) is 30.3 Å². The molecule has 1 fully saturated rings. The highest BCUT2D eigenvalue weighted by Gasteiger charge is 2.25. The molecule has 1 aliphatic heterocycles. The maximum absolute atomic E-state index is 12.0. The van der Waals surface area contributed by atoms with Gasteiger partial charge in [0.2, 0.25) is 15.9 Å². The van der Waals surface area contributed by atoms with Crippen molar-refractivity contribution in [3.05, 3.63) is 41.5 Å². The third kappa shape index (κ3) is 5.68. The van der Waals surface area contributed by atoms with Crippen LogP contribution in [0.4, 0.5) is 0 Å². The van der Waals surface area contributed by atoms with Crippen LogP contribution in [0.2, 0.25) is 0 Å². The average molecular weight is 366 g/mol. The van der Waals surface area contributed by atoms with Crippen molar-refractivity contribution in [2.24, 2.45) is 0 Å². The van der Waals surface area contributed by atoms with Gasteiger partial charge in [-0.05, 0) is 36.6 Å². The molecule has 1 N–H and O–H groups in total. The molecule has 0 aromatic heterocycles. The van der Waals surface area contributed by atoms with E-state index in [1.807, 2.05) is 0 Å². The first-order valence-electron chi connectivity index (χ1n) is 7.91. The minimum absolute atomic E-state index is 0.0307. The normalized spacial score (nSPS) is 16.7. The van der Waals surface area contributed by atoms with Crippen LogP contribution in [0.3, 0.4) is 0 Å². The lowest BCUT2D eigenvalue weighted by molar-refractivity contribution is -0.117. The number of methoxy groups -OCH3 is 1. The summed E-state index contributed by atoms with van der Waals surface area (Å²) in [7, 11) is -1.84. The van der Waals surface area contributed by atoms with Crippen molar-refractivity contribution in [1.82, 2.24) is 9.62 Å². The number of rotatable bonds is 5. The van der Waals surface area contributed by atoms with E-state index in [-0.39, 0.29) is 11.9 Å². The smallest absolute Gasteiger partial charge is 0.337 e. The average Bonchev–Trinajstić information content (AvgIpc) is 2.59. The molecule has 0 spiro atoms. The molecule has 136 valence electrons. The first kappa shape index (κ1) is 19.1. The Morgan fingerprint density at radius 3 is 2.32 bits per heavy atom. The van der Waals surface area contributed by atoms with Gasteiger partial charge in [-0.2, -0.15) is 0 Å². The van der Waals surface area contributed by atoms with Crippen LogP contribution in [-0.2, 0) is 19.6 Å². The van der Waals surface area contributed by atoms with Crippen molar-refractivity contribution in [1.29, 1.82) is 0 Å². The van der Waals surface area contributed by atoms with Gasteiger partial charge in [-0.1, -0.05) is 12.1 Å². The molecule has 0 saturated carbocycles. The lowest BCUT2D eigenvalue weighted by Crippen LogP contribution is -2.45. The Bertz CT molecular complexity index is 748. The molecule has 0 bridgehead atoms. The van der Waals surface area contributed by atoms with Gasteiger partial charge in [0.1, 0.15) is 0 Å². The van der Waals surface area contributed by atoms with Crippen molar-refractivity contribution in [3.8, 4) is 0 Å². The van der Waals surface area contributed by atoms with E-state index in [0.717, 1.165) is 5.56 Å². The fourth-order valence-corrected chi connectivity index (χ4v) is 3.48. The highest BCUT2D eigenvalue weighted by atomic mass is 32.2. The van der Waals surface area contributed by atoms with Crippen molar-refractivity contribution in [3.63, 3.8) is 0 Å². The summed E-state index contributed by atoms with van der Waals surface area (Å²) in [6, 6.07) is 6.67. The molecule has 7 nitrogen and oxygen atoms in total. The molecule has 1 aromatic carbocycles. The SMILES string of the molecule is COC(=O)c1ccc(/C=C/C(=O)NC2CCN(S(C)(=O)=O)CC2)cc1. The van der Waals surface area contributed by atoms with E-state index in [9.17, 15) is 18.0 Å². The number of hydrogen-bond donors (Lipinski definition) is 1. The third-order valence-corrected chi connectivity index (χ3v) is 5.33. The molecule has 2 rings (SSSR count). The number of hydrogen-bond acceptors (Lipinski definition) is 5. The second kappa shape index (κ2) is 8.26. The van der Waals surface area contributed by atoms with Gasteiger partial charge in [-0.3, -0.25) is 4.79 Å². The van der Waals surface area contributed by atoms with Crippen LogP contribution in [-0.4, -0.2) is 57.1 Å². The Morgan fingerprint density at radius 2 is 1.80 bits per heavy atom. The number of esters is 1. The Hall–Kier alpha value is -2.19. The molecule has 0 atom stereocenters. The van der Waals surface area contributed by atoms with Crippen molar-refractivity contribution in [2.45, 2.75) is 18.9 Å². The minimum atomic E-state index is -3.16. The summed E-state index contributed by atoms with van der Waals surface area (Å²) in [5.74, 6) is -0.636. The number of nitrogens with one attached hydrogen (secondary N) is 1. The Labute approximate surface area is 147 Å². The molecule has 0 radical (unpaired) electrons. The fourth-order valence-electron chi connectivity index (χ4n) is 2.60. The van der Waals surface area contributed by atoms with Crippen LogP contribution >= 0.6 is 0 Å². The quantitative estimate of drug-likeness (QED) is 0.621. The van der Waals surface area contributed by atoms with Gasteiger partial charge in [0.15, 0.2) is 0 Å². The Morgan fingerprint density at radius 1 is 1.20 bits per heavy atom. The first-order valence-corrected chi connectivity index (χ1v) is 9.76. The molecule has 1 aromatic rings. The van der Waals surface area contributed by atoms with Crippen LogP contribution in [0.1, 0.15) is 28.8 Å². The van der Waals surface area contributed by atoms with Gasteiger partial charge in [-0.15, -0.1) is 0 Å². The Kier molecular flexibility index (Phi) is 6.33. The standard InChI is InChI=1S/C17H22N2O5S/c1-24-17(21)14-6-3-13(4-7-14)5-8-16(20)18-15-9-11-19(12-10-15)25(2,22)23/h3-8,15H,9-12H2,1-2H3,(H,18,20)/b8-5+. The van der Waals surface area contributed by atoms with E-state index in [2.05, 4.69) is 10.1 Å². The minimum Gasteiger partial charge on any atom is -0.465 e. The van der Waals surface area contributed by atoms with E-state index < -0.39 is 16.0 Å². The van der Waals surface area contributed by atoms with Crippen LogP contribution in [0.25, 0.3) is 6.08 Å². The van der Waals surface area contributed by atoms with E-state index >= 15 is 0 Å². The molecule has 8 heteroatoms. The van der Waals surface area contributed by atoms with Gasteiger partial charge >= 0.3 is 5.97 Å². The molecule has 1 heterocycles. The first-order chi connectivity index (χ1) is 11.8. The summed E-state index contributed by atoms with van der Waals surface area (Å²) in [4.78, 5) is 23.3. The molecular formula is C17H22N2O5S. The number of benzene rings is 1. The van der Waals surface area contributed by atoms with E-state index in [4.69, 9.17) is 0 Å². The molecule has 0 aliphatic carbocycles. The number of ether oxygens (including phenoxy) is 1. The second-order valence-electron chi connectivity index (χ2n) is 5.89. The topological polar surface area (TPSA) is 92.8 Å². The molecule has 1 saturated heterocycles. The van der Waals surface area contributed by atoms with Gasteiger partial charge in [0, 0.05) is 25.2 Å². The van der Waals surface area contributed by atoms with Gasteiger partial charge in [0.05, 0.1) is 18.9 Å². The molecule has 1 aliphatic rings. The van der Waals surface area contributed by atoms with E-state index in [1.54, 1.807) is 30.3 Å².